The van der Waals surface area contributed by atoms with Gasteiger partial charge < -0.3 is 36.0 Å². The van der Waals surface area contributed by atoms with Crippen molar-refractivity contribution in [2.24, 2.45) is 0 Å². The Morgan fingerprint density at radius 3 is 1.82 bits per heavy atom. The fourth-order valence-corrected chi connectivity index (χ4v) is 4.39. The van der Waals surface area contributed by atoms with E-state index >= 15 is 0 Å². The molecule has 0 bridgehead atoms. The van der Waals surface area contributed by atoms with Crippen LogP contribution in [0.2, 0.25) is 0 Å². The fraction of sp³-hybridized carbons (Fsp3) is 0.524. The van der Waals surface area contributed by atoms with Gasteiger partial charge in [-0.3, -0.25) is 19.2 Å². The van der Waals surface area contributed by atoms with Crippen LogP contribution in [0, 0.1) is 0 Å². The summed E-state index contributed by atoms with van der Waals surface area (Å²) in [5.41, 5.74) is -8.71. The Morgan fingerprint density at radius 2 is 1.44 bits per heavy atom. The molecular formula is C21H25F2NO10. The molecule has 6 atom stereocenters. The van der Waals surface area contributed by atoms with Crippen LogP contribution >= 0.6 is 0 Å². The average Bonchev–Trinajstić information content (AvgIpc) is 2.73. The highest BCUT2D eigenvalue weighted by Gasteiger charge is 2.84. The second-order valence-electron chi connectivity index (χ2n) is 8.24. The number of ketones is 4. The van der Waals surface area contributed by atoms with Crippen LogP contribution in [0.15, 0.2) is 18.2 Å². The Balaban J connectivity index is 3.16. The normalized spacial score (nSPS) is 34.5. The minimum absolute atomic E-state index is 0.257. The Bertz CT molecular complexity index is 1060. The van der Waals surface area contributed by atoms with Crippen molar-refractivity contribution in [3.8, 4) is 0 Å². The van der Waals surface area contributed by atoms with E-state index in [2.05, 4.69) is 0 Å². The number of rotatable bonds is 7. The van der Waals surface area contributed by atoms with Gasteiger partial charge >= 0.3 is 0 Å². The van der Waals surface area contributed by atoms with Crippen molar-refractivity contribution in [3.63, 3.8) is 0 Å². The minimum Gasteiger partial charge on any atom is -0.399 e. The molecule has 13 heteroatoms. The standard InChI is InChI=1S/C21H25F2NO10/c1-8(25)15(29)16-18(30,9(2)26)19(31,10(3)27)20(32,11(4)28)21(33,34-16)14-6-5-12(24)7-13(14)17(22)23/h5-7,15-17,29-33H,24H2,1-4H3/t15?,16-,18+,19+,20-,21-/m1/s1. The van der Waals surface area contributed by atoms with Crippen molar-refractivity contribution in [2.75, 3.05) is 5.73 Å². The molecule has 34 heavy (non-hydrogen) atoms. The molecule has 0 aliphatic carbocycles. The quantitative estimate of drug-likeness (QED) is 0.247. The molecule has 11 nitrogen and oxygen atoms in total. The highest BCUT2D eigenvalue weighted by Crippen LogP contribution is 2.55. The van der Waals surface area contributed by atoms with Crippen LogP contribution in [0.5, 0.6) is 0 Å². The molecule has 1 aliphatic rings. The van der Waals surface area contributed by atoms with E-state index in [0.717, 1.165) is 13.0 Å². The molecule has 2 rings (SSSR count). The number of carbonyl (C=O) groups is 4. The number of hydrogen-bond acceptors (Lipinski definition) is 11. The highest BCUT2D eigenvalue weighted by molar-refractivity contribution is 6.06. The average molecular weight is 489 g/mol. The summed E-state index contributed by atoms with van der Waals surface area (Å²) in [6.45, 7) is 2.36. The molecule has 1 aromatic rings. The smallest absolute Gasteiger partial charge is 0.264 e. The molecule has 1 aliphatic heterocycles. The molecule has 1 saturated heterocycles. The molecule has 1 fully saturated rings. The van der Waals surface area contributed by atoms with Gasteiger partial charge in [0.25, 0.3) is 6.43 Å². The molecule has 7 N–H and O–H groups in total. The van der Waals surface area contributed by atoms with Gasteiger partial charge in [-0.1, -0.05) is 6.07 Å². The van der Waals surface area contributed by atoms with E-state index in [1.807, 2.05) is 0 Å². The van der Waals surface area contributed by atoms with Crippen molar-refractivity contribution in [1.82, 2.24) is 0 Å². The zero-order chi connectivity index (χ0) is 26.6. The molecule has 0 radical (unpaired) electrons. The number of alkyl halides is 2. The maximum Gasteiger partial charge on any atom is 0.264 e. The molecule has 0 aromatic heterocycles. The van der Waals surface area contributed by atoms with Gasteiger partial charge in [-0.15, -0.1) is 0 Å². The summed E-state index contributed by atoms with van der Waals surface area (Å²) in [7, 11) is 0. The van der Waals surface area contributed by atoms with Gasteiger partial charge in [0, 0.05) is 16.8 Å². The van der Waals surface area contributed by atoms with Crippen LogP contribution in [0.3, 0.4) is 0 Å². The molecule has 1 heterocycles. The summed E-state index contributed by atoms with van der Waals surface area (Å²) in [5.74, 6) is -9.98. The largest absolute Gasteiger partial charge is 0.399 e. The third-order valence-electron chi connectivity index (χ3n) is 6.21. The lowest BCUT2D eigenvalue weighted by Crippen LogP contribution is -2.89. The number of carbonyl (C=O) groups excluding carboxylic acids is 4. The van der Waals surface area contributed by atoms with Crippen LogP contribution < -0.4 is 5.73 Å². The van der Waals surface area contributed by atoms with Gasteiger partial charge in [-0.05, 0) is 39.8 Å². The predicted octanol–water partition coefficient (Wildman–Crippen LogP) is -1.34. The first-order valence-corrected chi connectivity index (χ1v) is 9.82. The first-order valence-electron chi connectivity index (χ1n) is 9.82. The number of halogens is 2. The fourth-order valence-electron chi connectivity index (χ4n) is 4.39. The van der Waals surface area contributed by atoms with Crippen molar-refractivity contribution in [3.05, 3.63) is 29.3 Å². The number of nitrogen functional groups attached to an aromatic ring is 1. The zero-order valence-electron chi connectivity index (χ0n) is 18.6. The summed E-state index contributed by atoms with van der Waals surface area (Å²) >= 11 is 0. The first kappa shape index (κ1) is 27.6. The number of aliphatic hydroxyl groups is 5. The van der Waals surface area contributed by atoms with E-state index in [0.29, 0.717) is 32.9 Å². The molecule has 1 unspecified atom stereocenters. The van der Waals surface area contributed by atoms with Gasteiger partial charge in [0.2, 0.25) is 17.0 Å². The third-order valence-corrected chi connectivity index (χ3v) is 6.21. The van der Waals surface area contributed by atoms with Gasteiger partial charge in [0.05, 0.1) is 0 Å². The zero-order valence-corrected chi connectivity index (χ0v) is 18.6. The number of benzene rings is 1. The number of nitrogens with two attached hydrogens (primary N) is 1. The number of ether oxygens (including phenoxy) is 1. The second kappa shape index (κ2) is 8.52. The van der Waals surface area contributed by atoms with E-state index in [-0.39, 0.29) is 5.69 Å². The van der Waals surface area contributed by atoms with E-state index in [1.165, 1.54) is 0 Å². The third kappa shape index (κ3) is 3.31. The molecule has 0 amide bonds. The number of aliphatic hydroxyl groups excluding tert-OH is 1. The van der Waals surface area contributed by atoms with Crippen LogP contribution in [0.1, 0.15) is 45.2 Å². The maximum absolute atomic E-state index is 13.9. The van der Waals surface area contributed by atoms with Gasteiger partial charge in [0.1, 0.15) is 12.2 Å². The molecule has 188 valence electrons. The van der Waals surface area contributed by atoms with E-state index < -0.39 is 75.5 Å². The summed E-state index contributed by atoms with van der Waals surface area (Å²) in [6.07, 6.45) is -8.70. The Kier molecular flexibility index (Phi) is 6.90. The molecular weight excluding hydrogens is 464 g/mol. The summed E-state index contributed by atoms with van der Waals surface area (Å²) in [5, 5.41) is 56.1. The Labute approximate surface area is 191 Å². The second-order valence-corrected chi connectivity index (χ2v) is 8.24. The van der Waals surface area contributed by atoms with E-state index in [1.54, 1.807) is 0 Å². The van der Waals surface area contributed by atoms with E-state index in [4.69, 9.17) is 10.5 Å². The lowest BCUT2D eigenvalue weighted by Gasteiger charge is -2.61. The number of anilines is 1. The summed E-state index contributed by atoms with van der Waals surface area (Å²) in [6, 6.07) is 2.26. The SMILES string of the molecule is CC(=O)C(O)[C@H]1O[C@](O)(c2ccc(N)cc2C(F)F)[C@@](O)(C(C)=O)[C@](O)(C(C)=O)[C@]1(O)C(C)=O. The monoisotopic (exact) mass is 489 g/mol. The number of Topliss-reactive ketones (excluding diaryl/α,β-unsaturated/α-hetero) is 4. The van der Waals surface area contributed by atoms with Crippen molar-refractivity contribution in [2.45, 2.75) is 68.9 Å². The van der Waals surface area contributed by atoms with Crippen molar-refractivity contribution < 1.29 is 58.2 Å². The lowest BCUT2D eigenvalue weighted by molar-refractivity contribution is -0.419. The highest BCUT2D eigenvalue weighted by atomic mass is 19.3. The summed E-state index contributed by atoms with van der Waals surface area (Å²) in [4.78, 5) is 49.9. The van der Waals surface area contributed by atoms with Crippen molar-refractivity contribution >= 4 is 28.8 Å². The van der Waals surface area contributed by atoms with Crippen LogP contribution in [0.4, 0.5) is 14.5 Å². The lowest BCUT2D eigenvalue weighted by atomic mass is 9.56. The van der Waals surface area contributed by atoms with Crippen LogP contribution in [0.25, 0.3) is 0 Å². The van der Waals surface area contributed by atoms with Crippen LogP contribution in [-0.2, 0) is 29.7 Å². The van der Waals surface area contributed by atoms with Gasteiger partial charge in [0.15, 0.2) is 28.7 Å². The van der Waals surface area contributed by atoms with Crippen LogP contribution in [-0.4, -0.2) is 77.7 Å². The molecule has 1 aromatic carbocycles. The molecule has 0 spiro atoms. The van der Waals surface area contributed by atoms with Crippen molar-refractivity contribution in [1.29, 1.82) is 0 Å². The Hall–Kier alpha value is -2.68. The van der Waals surface area contributed by atoms with Gasteiger partial charge in [-0.25, -0.2) is 8.78 Å². The minimum atomic E-state index is -4.01. The summed E-state index contributed by atoms with van der Waals surface area (Å²) < 4.78 is 32.9. The number of hydrogen-bond donors (Lipinski definition) is 6. The first-order chi connectivity index (χ1) is 15.3. The topological polar surface area (TPSA) is 205 Å². The Morgan fingerprint density at radius 1 is 0.941 bits per heavy atom. The predicted molar refractivity (Wildman–Crippen MR) is 108 cm³/mol. The van der Waals surface area contributed by atoms with Gasteiger partial charge in [-0.2, -0.15) is 0 Å². The van der Waals surface area contributed by atoms with E-state index in [9.17, 15) is 53.5 Å². The maximum atomic E-state index is 13.9. The molecule has 0 saturated carbocycles.